The molecule has 98 valence electrons. The maximum absolute atomic E-state index is 11.8. The van der Waals surface area contributed by atoms with E-state index in [9.17, 15) is 4.79 Å². The summed E-state index contributed by atoms with van der Waals surface area (Å²) in [5.41, 5.74) is 0.253. The molecule has 0 radical (unpaired) electrons. The second-order valence-electron chi connectivity index (χ2n) is 4.21. The van der Waals surface area contributed by atoms with E-state index in [2.05, 4.69) is 20.4 Å². The first-order valence-corrected chi connectivity index (χ1v) is 6.10. The molecule has 1 aromatic heterocycles. The lowest BCUT2D eigenvalue weighted by Gasteiger charge is -2.29. The van der Waals surface area contributed by atoms with Crippen LogP contribution in [0.3, 0.4) is 0 Å². The van der Waals surface area contributed by atoms with E-state index in [0.29, 0.717) is 13.2 Å². The first kappa shape index (κ1) is 13.2. The molecule has 0 saturated carbocycles. The van der Waals surface area contributed by atoms with Crippen LogP contribution in [0.4, 0.5) is 0 Å². The minimum Gasteiger partial charge on any atom is -0.374 e. The average molecular weight is 271 g/mol. The molecule has 1 amide bonds. The number of nitrogens with zero attached hydrogens (tertiary/aromatic N) is 3. The number of amides is 1. The molecular weight excluding hydrogens is 256 g/mol. The van der Waals surface area contributed by atoms with Gasteiger partial charge in [-0.1, -0.05) is 11.6 Å². The van der Waals surface area contributed by atoms with Crippen molar-refractivity contribution in [3.05, 3.63) is 23.0 Å². The van der Waals surface area contributed by atoms with Crippen LogP contribution in [-0.2, 0) is 4.74 Å². The SMILES string of the molecule is CN1CCOC(CNC(=O)c2ccc(Cl)nn2)C1. The summed E-state index contributed by atoms with van der Waals surface area (Å²) in [6.45, 7) is 2.89. The molecule has 0 aliphatic carbocycles. The number of halogens is 1. The number of hydrogen-bond donors (Lipinski definition) is 1. The predicted octanol–water partition coefficient (Wildman–Crippen LogP) is 0.190. The topological polar surface area (TPSA) is 67.3 Å². The Hall–Kier alpha value is -1.24. The zero-order chi connectivity index (χ0) is 13.0. The van der Waals surface area contributed by atoms with E-state index in [0.717, 1.165) is 13.1 Å². The Labute approximate surface area is 110 Å². The first-order valence-electron chi connectivity index (χ1n) is 5.73. The van der Waals surface area contributed by atoms with Crippen molar-refractivity contribution in [2.24, 2.45) is 0 Å². The molecule has 1 saturated heterocycles. The Bertz CT molecular complexity index is 412. The lowest BCUT2D eigenvalue weighted by Crippen LogP contribution is -2.46. The number of carbonyl (C=O) groups is 1. The lowest BCUT2D eigenvalue weighted by molar-refractivity contribution is -0.0175. The quantitative estimate of drug-likeness (QED) is 0.849. The summed E-state index contributed by atoms with van der Waals surface area (Å²) in [6.07, 6.45) is 0.0213. The molecule has 0 spiro atoms. The van der Waals surface area contributed by atoms with Crippen molar-refractivity contribution in [1.29, 1.82) is 0 Å². The monoisotopic (exact) mass is 270 g/mol. The number of hydrogen-bond acceptors (Lipinski definition) is 5. The largest absolute Gasteiger partial charge is 0.374 e. The maximum Gasteiger partial charge on any atom is 0.271 e. The Morgan fingerprint density at radius 1 is 1.61 bits per heavy atom. The fourth-order valence-corrected chi connectivity index (χ4v) is 1.83. The molecule has 1 fully saturated rings. The van der Waals surface area contributed by atoms with Gasteiger partial charge < -0.3 is 15.0 Å². The fraction of sp³-hybridized carbons (Fsp3) is 0.545. The highest BCUT2D eigenvalue weighted by molar-refractivity contribution is 6.29. The van der Waals surface area contributed by atoms with E-state index >= 15 is 0 Å². The normalized spacial score (nSPS) is 20.7. The number of carbonyl (C=O) groups excluding carboxylic acids is 1. The molecule has 6 nitrogen and oxygen atoms in total. The summed E-state index contributed by atoms with van der Waals surface area (Å²) in [7, 11) is 2.03. The molecular formula is C11H15ClN4O2. The molecule has 1 N–H and O–H groups in total. The second-order valence-corrected chi connectivity index (χ2v) is 4.59. The van der Waals surface area contributed by atoms with Gasteiger partial charge in [0.15, 0.2) is 10.8 Å². The van der Waals surface area contributed by atoms with Crippen LogP contribution in [0.1, 0.15) is 10.5 Å². The molecule has 7 heteroatoms. The molecule has 1 atom stereocenters. The van der Waals surface area contributed by atoms with Crippen LogP contribution in [-0.4, -0.2) is 60.4 Å². The van der Waals surface area contributed by atoms with Crippen molar-refractivity contribution in [2.75, 3.05) is 33.3 Å². The number of aromatic nitrogens is 2. The van der Waals surface area contributed by atoms with E-state index in [1.54, 1.807) is 6.07 Å². The molecule has 2 rings (SSSR count). The molecule has 2 heterocycles. The van der Waals surface area contributed by atoms with E-state index < -0.39 is 0 Å². The number of ether oxygens (including phenoxy) is 1. The highest BCUT2D eigenvalue weighted by Crippen LogP contribution is 2.04. The van der Waals surface area contributed by atoms with Crippen molar-refractivity contribution in [1.82, 2.24) is 20.4 Å². The van der Waals surface area contributed by atoms with Gasteiger partial charge in [0.05, 0.1) is 12.7 Å². The van der Waals surface area contributed by atoms with Crippen molar-refractivity contribution >= 4 is 17.5 Å². The Kier molecular flexibility index (Phi) is 4.46. The summed E-state index contributed by atoms with van der Waals surface area (Å²) >= 11 is 5.60. The third kappa shape index (κ3) is 3.63. The summed E-state index contributed by atoms with van der Waals surface area (Å²) < 4.78 is 5.54. The van der Waals surface area contributed by atoms with E-state index in [1.807, 2.05) is 7.05 Å². The van der Waals surface area contributed by atoms with Gasteiger partial charge in [-0.2, -0.15) is 0 Å². The lowest BCUT2D eigenvalue weighted by atomic mass is 10.2. The van der Waals surface area contributed by atoms with Gasteiger partial charge in [0, 0.05) is 19.6 Å². The smallest absolute Gasteiger partial charge is 0.271 e. The molecule has 0 bridgehead atoms. The molecule has 0 aromatic carbocycles. The van der Waals surface area contributed by atoms with Crippen LogP contribution in [0.5, 0.6) is 0 Å². The van der Waals surface area contributed by atoms with Crippen molar-refractivity contribution in [3.63, 3.8) is 0 Å². The number of morpholine rings is 1. The molecule has 18 heavy (non-hydrogen) atoms. The third-order valence-corrected chi connectivity index (χ3v) is 2.90. The van der Waals surface area contributed by atoms with Gasteiger partial charge in [0.1, 0.15) is 0 Å². The van der Waals surface area contributed by atoms with Gasteiger partial charge in [0.2, 0.25) is 0 Å². The molecule has 1 aliphatic heterocycles. The Morgan fingerprint density at radius 3 is 3.11 bits per heavy atom. The predicted molar refractivity (Wildman–Crippen MR) is 66.6 cm³/mol. The van der Waals surface area contributed by atoms with Crippen LogP contribution in [0.15, 0.2) is 12.1 Å². The van der Waals surface area contributed by atoms with Crippen LogP contribution in [0.25, 0.3) is 0 Å². The Balaban J connectivity index is 1.82. The zero-order valence-corrected chi connectivity index (χ0v) is 10.9. The summed E-state index contributed by atoms with van der Waals surface area (Å²) in [5, 5.41) is 10.4. The van der Waals surface area contributed by atoms with Crippen molar-refractivity contribution in [3.8, 4) is 0 Å². The number of nitrogens with one attached hydrogen (secondary N) is 1. The summed E-state index contributed by atoms with van der Waals surface area (Å²) in [5.74, 6) is -0.268. The average Bonchev–Trinajstić information content (AvgIpc) is 2.37. The van der Waals surface area contributed by atoms with Crippen molar-refractivity contribution in [2.45, 2.75) is 6.10 Å². The van der Waals surface area contributed by atoms with Gasteiger partial charge in [-0.3, -0.25) is 4.79 Å². The minimum atomic E-state index is -0.268. The van der Waals surface area contributed by atoms with E-state index in [-0.39, 0.29) is 22.9 Å². The number of likely N-dealkylation sites (N-methyl/N-ethyl adjacent to an activating group) is 1. The van der Waals surface area contributed by atoms with E-state index in [1.165, 1.54) is 6.07 Å². The van der Waals surface area contributed by atoms with Gasteiger partial charge in [-0.25, -0.2) is 0 Å². The van der Waals surface area contributed by atoms with Crippen LogP contribution >= 0.6 is 11.6 Å². The van der Waals surface area contributed by atoms with Crippen LogP contribution < -0.4 is 5.32 Å². The van der Waals surface area contributed by atoms with Crippen molar-refractivity contribution < 1.29 is 9.53 Å². The Morgan fingerprint density at radius 2 is 2.44 bits per heavy atom. The molecule has 1 aromatic rings. The standard InChI is InChI=1S/C11H15ClN4O2/c1-16-4-5-18-8(7-16)6-13-11(17)9-2-3-10(12)15-14-9/h2-3,8H,4-7H2,1H3,(H,13,17). The maximum atomic E-state index is 11.8. The van der Waals surface area contributed by atoms with Crippen LogP contribution in [0, 0.1) is 0 Å². The van der Waals surface area contributed by atoms with Crippen LogP contribution in [0.2, 0.25) is 5.15 Å². The molecule has 1 unspecified atom stereocenters. The minimum absolute atomic E-state index is 0.0213. The van der Waals surface area contributed by atoms with Gasteiger partial charge in [0.25, 0.3) is 5.91 Å². The zero-order valence-electron chi connectivity index (χ0n) is 10.1. The van der Waals surface area contributed by atoms with Gasteiger partial charge >= 0.3 is 0 Å². The third-order valence-electron chi connectivity index (χ3n) is 2.70. The highest BCUT2D eigenvalue weighted by Gasteiger charge is 2.18. The van der Waals surface area contributed by atoms with E-state index in [4.69, 9.17) is 16.3 Å². The number of rotatable bonds is 3. The fourth-order valence-electron chi connectivity index (χ4n) is 1.72. The summed E-state index contributed by atoms with van der Waals surface area (Å²) in [6, 6.07) is 3.08. The highest BCUT2D eigenvalue weighted by atomic mass is 35.5. The van der Waals surface area contributed by atoms with Gasteiger partial charge in [-0.05, 0) is 19.2 Å². The van der Waals surface area contributed by atoms with Gasteiger partial charge in [-0.15, -0.1) is 10.2 Å². The molecule has 1 aliphatic rings. The first-order chi connectivity index (χ1) is 8.65. The second kappa shape index (κ2) is 6.08. The summed E-state index contributed by atoms with van der Waals surface area (Å²) in [4.78, 5) is 13.9.